The van der Waals surface area contributed by atoms with E-state index in [0.29, 0.717) is 22.1 Å². The van der Waals surface area contributed by atoms with Crippen molar-refractivity contribution < 1.29 is 17.9 Å². The van der Waals surface area contributed by atoms with E-state index in [1.54, 1.807) is 66.9 Å². The van der Waals surface area contributed by atoms with Crippen molar-refractivity contribution in [3.05, 3.63) is 70.0 Å². The van der Waals surface area contributed by atoms with E-state index in [4.69, 9.17) is 27.9 Å². The molecule has 158 valence electrons. The lowest BCUT2D eigenvalue weighted by molar-refractivity contribution is -0.122. The summed E-state index contributed by atoms with van der Waals surface area (Å²) in [6, 6.07) is 14.6. The number of carbonyl (C=O) groups excluding carboxylic acids is 1. The van der Waals surface area contributed by atoms with Crippen molar-refractivity contribution in [1.29, 1.82) is 0 Å². The molecule has 0 aliphatic heterocycles. The number of hydrogen-bond acceptors (Lipinski definition) is 5. The molecule has 1 aromatic heterocycles. The summed E-state index contributed by atoms with van der Waals surface area (Å²) in [5, 5.41) is 4.96. The van der Waals surface area contributed by atoms with Crippen LogP contribution in [0.5, 0.6) is 5.75 Å². The first-order valence-corrected chi connectivity index (χ1v) is 11.8. The number of anilines is 2. The maximum Gasteiger partial charge on any atom is 0.273 e. The Bertz CT molecular complexity index is 1130. The largest absolute Gasteiger partial charge is 0.481 e. The summed E-state index contributed by atoms with van der Waals surface area (Å²) in [7, 11) is -2.13. The van der Waals surface area contributed by atoms with Gasteiger partial charge in [0.25, 0.3) is 15.9 Å². The Kier molecular flexibility index (Phi) is 6.92. The fourth-order valence-corrected chi connectivity index (χ4v) is 5.22. The summed E-state index contributed by atoms with van der Waals surface area (Å²) in [6.07, 6.45) is -0.821. The fourth-order valence-electron chi connectivity index (χ4n) is 2.51. The molecule has 0 saturated carbocycles. The second-order valence-corrected chi connectivity index (χ2v) is 10.2. The third-order valence-electron chi connectivity index (χ3n) is 4.20. The van der Waals surface area contributed by atoms with Crippen molar-refractivity contribution in [3.8, 4) is 5.75 Å². The van der Waals surface area contributed by atoms with Gasteiger partial charge in [0.15, 0.2) is 6.10 Å². The molecule has 0 aliphatic rings. The normalized spacial score (nSPS) is 12.3. The fraction of sp³-hybridized carbons (Fsp3) is 0.150. The van der Waals surface area contributed by atoms with Gasteiger partial charge in [0, 0.05) is 7.05 Å². The molecule has 0 unspecified atom stereocenters. The minimum Gasteiger partial charge on any atom is -0.481 e. The number of amides is 1. The van der Waals surface area contributed by atoms with Gasteiger partial charge < -0.3 is 10.1 Å². The number of benzene rings is 2. The molecule has 6 nitrogen and oxygen atoms in total. The molecule has 1 heterocycles. The van der Waals surface area contributed by atoms with E-state index in [2.05, 4.69) is 5.32 Å². The SMILES string of the molecule is C[C@@H](Oc1ccc(N(C)S(=O)(=O)c2cccs2)cc1)C(=O)Nc1cccc(Cl)c1Cl. The van der Waals surface area contributed by atoms with Crippen molar-refractivity contribution in [2.75, 3.05) is 16.7 Å². The molecular formula is C20H18Cl2N2O4S2. The third-order valence-corrected chi connectivity index (χ3v) is 8.18. The zero-order valence-corrected chi connectivity index (χ0v) is 19.1. The number of sulfonamides is 1. The summed E-state index contributed by atoms with van der Waals surface area (Å²) in [5.74, 6) is 0.0150. The van der Waals surface area contributed by atoms with E-state index in [0.717, 1.165) is 11.3 Å². The summed E-state index contributed by atoms with van der Waals surface area (Å²) in [6.45, 7) is 1.59. The number of ether oxygens (including phenoxy) is 1. The zero-order valence-electron chi connectivity index (χ0n) is 16.0. The van der Waals surface area contributed by atoms with Crippen molar-refractivity contribution in [3.63, 3.8) is 0 Å². The first-order chi connectivity index (χ1) is 14.2. The van der Waals surface area contributed by atoms with Crippen LogP contribution in [0.2, 0.25) is 10.0 Å². The van der Waals surface area contributed by atoms with Crippen molar-refractivity contribution in [2.45, 2.75) is 17.2 Å². The van der Waals surface area contributed by atoms with Crippen LogP contribution in [0, 0.1) is 0 Å². The molecule has 1 N–H and O–H groups in total. The molecule has 0 spiro atoms. The monoisotopic (exact) mass is 484 g/mol. The van der Waals surface area contributed by atoms with E-state index >= 15 is 0 Å². The Balaban J connectivity index is 1.66. The van der Waals surface area contributed by atoms with Gasteiger partial charge in [-0.2, -0.15) is 0 Å². The van der Waals surface area contributed by atoms with Gasteiger partial charge in [-0.1, -0.05) is 35.3 Å². The van der Waals surface area contributed by atoms with Crippen LogP contribution in [-0.2, 0) is 14.8 Å². The highest BCUT2D eigenvalue weighted by Crippen LogP contribution is 2.30. The van der Waals surface area contributed by atoms with Gasteiger partial charge >= 0.3 is 0 Å². The molecule has 0 bridgehead atoms. The minimum absolute atomic E-state index is 0.249. The van der Waals surface area contributed by atoms with Gasteiger partial charge in [-0.05, 0) is 54.8 Å². The van der Waals surface area contributed by atoms with Crippen LogP contribution in [0.3, 0.4) is 0 Å². The minimum atomic E-state index is -3.62. The van der Waals surface area contributed by atoms with Gasteiger partial charge in [0.05, 0.1) is 21.4 Å². The molecule has 30 heavy (non-hydrogen) atoms. The Morgan fingerprint density at radius 3 is 2.43 bits per heavy atom. The highest BCUT2D eigenvalue weighted by Gasteiger charge is 2.22. The molecule has 0 saturated heterocycles. The van der Waals surface area contributed by atoms with Gasteiger partial charge in [0.1, 0.15) is 9.96 Å². The number of hydrogen-bond donors (Lipinski definition) is 1. The molecule has 3 aromatic rings. The van der Waals surface area contributed by atoms with Crippen LogP contribution >= 0.6 is 34.5 Å². The number of nitrogens with one attached hydrogen (secondary N) is 1. The Labute approximate surface area is 189 Å². The van der Waals surface area contributed by atoms with Crippen molar-refractivity contribution in [2.24, 2.45) is 0 Å². The zero-order chi connectivity index (χ0) is 21.9. The first kappa shape index (κ1) is 22.4. The quantitative estimate of drug-likeness (QED) is 0.494. The van der Waals surface area contributed by atoms with Crippen molar-refractivity contribution in [1.82, 2.24) is 0 Å². The molecule has 2 aromatic carbocycles. The number of rotatable bonds is 7. The lowest BCUT2D eigenvalue weighted by Gasteiger charge is -2.19. The predicted molar refractivity (Wildman–Crippen MR) is 122 cm³/mol. The average Bonchev–Trinajstić information content (AvgIpc) is 3.27. The van der Waals surface area contributed by atoms with Gasteiger partial charge in [0.2, 0.25) is 0 Å². The first-order valence-electron chi connectivity index (χ1n) is 8.74. The number of thiophene rings is 1. The average molecular weight is 485 g/mol. The van der Waals surface area contributed by atoms with Gasteiger partial charge in [-0.25, -0.2) is 8.42 Å². The van der Waals surface area contributed by atoms with Crippen molar-refractivity contribution >= 4 is 61.8 Å². The molecule has 1 atom stereocenters. The third kappa shape index (κ3) is 4.89. The van der Waals surface area contributed by atoms with E-state index < -0.39 is 22.0 Å². The van der Waals surface area contributed by atoms with E-state index in [1.807, 2.05) is 0 Å². The molecule has 0 aliphatic carbocycles. The second kappa shape index (κ2) is 9.26. The predicted octanol–water partition coefficient (Wildman–Crippen LogP) is 5.29. The van der Waals surface area contributed by atoms with E-state index in [1.165, 1.54) is 11.4 Å². The van der Waals surface area contributed by atoms with Crippen LogP contribution in [0.25, 0.3) is 0 Å². The topological polar surface area (TPSA) is 75.7 Å². The Hall–Kier alpha value is -2.26. The maximum atomic E-state index is 12.6. The molecule has 3 rings (SSSR count). The standard InChI is InChI=1S/C20H18Cl2N2O4S2/c1-13(20(25)23-17-6-3-5-16(21)19(17)22)28-15-10-8-14(9-11-15)24(2)30(26,27)18-7-4-12-29-18/h3-13H,1-2H3,(H,23,25)/t13-/m1/s1. The van der Waals surface area contributed by atoms with Crippen LogP contribution in [0.4, 0.5) is 11.4 Å². The van der Waals surface area contributed by atoms with Crippen LogP contribution in [0.1, 0.15) is 6.92 Å². The maximum absolute atomic E-state index is 12.6. The molecular weight excluding hydrogens is 467 g/mol. The van der Waals surface area contributed by atoms with Crippen LogP contribution < -0.4 is 14.4 Å². The summed E-state index contributed by atoms with van der Waals surface area (Å²) < 4.78 is 32.3. The Morgan fingerprint density at radius 2 is 1.80 bits per heavy atom. The number of carbonyl (C=O) groups is 1. The summed E-state index contributed by atoms with van der Waals surface area (Å²) in [4.78, 5) is 12.4. The van der Waals surface area contributed by atoms with E-state index in [-0.39, 0.29) is 9.23 Å². The molecule has 0 radical (unpaired) electrons. The lowest BCUT2D eigenvalue weighted by Crippen LogP contribution is -2.30. The number of halogens is 2. The van der Waals surface area contributed by atoms with Gasteiger partial charge in [-0.15, -0.1) is 11.3 Å². The highest BCUT2D eigenvalue weighted by atomic mass is 35.5. The van der Waals surface area contributed by atoms with Crippen LogP contribution in [0.15, 0.2) is 64.2 Å². The lowest BCUT2D eigenvalue weighted by atomic mass is 10.2. The molecule has 10 heteroatoms. The van der Waals surface area contributed by atoms with E-state index in [9.17, 15) is 13.2 Å². The number of nitrogens with zero attached hydrogens (tertiary/aromatic N) is 1. The van der Waals surface area contributed by atoms with Crippen LogP contribution in [-0.4, -0.2) is 27.5 Å². The van der Waals surface area contributed by atoms with Gasteiger partial charge in [-0.3, -0.25) is 9.10 Å². The highest BCUT2D eigenvalue weighted by molar-refractivity contribution is 7.94. The molecule has 1 amide bonds. The smallest absolute Gasteiger partial charge is 0.273 e. The second-order valence-electron chi connectivity index (χ2n) is 6.25. The summed E-state index contributed by atoms with van der Waals surface area (Å²) in [5.41, 5.74) is 0.860. The summed E-state index contributed by atoms with van der Waals surface area (Å²) >= 11 is 13.2. The Morgan fingerprint density at radius 1 is 1.10 bits per heavy atom. The molecule has 0 fully saturated rings.